The quantitative estimate of drug-likeness (QED) is 0.862. The molecule has 3 rings (SSSR count). The van der Waals surface area contributed by atoms with Gasteiger partial charge in [-0.1, -0.05) is 18.2 Å². The number of carbonyl (C=O) groups is 1. The van der Waals surface area contributed by atoms with Gasteiger partial charge in [-0.2, -0.15) is 0 Å². The van der Waals surface area contributed by atoms with E-state index >= 15 is 0 Å². The predicted molar refractivity (Wildman–Crippen MR) is 81.2 cm³/mol. The van der Waals surface area contributed by atoms with Crippen molar-refractivity contribution in [3.8, 4) is 0 Å². The number of halogens is 1. The fourth-order valence-electron chi connectivity index (χ4n) is 2.72. The Hall–Kier alpha value is -0.710. The summed E-state index contributed by atoms with van der Waals surface area (Å²) in [6.07, 6.45) is 0. The molecule has 3 nitrogen and oxygen atoms in total. The van der Waals surface area contributed by atoms with Crippen molar-refractivity contribution < 1.29 is 4.79 Å². The highest BCUT2D eigenvalue weighted by Gasteiger charge is 2.33. The van der Waals surface area contributed by atoms with Crippen LogP contribution in [-0.4, -0.2) is 42.2 Å². The molecule has 0 bridgehead atoms. The zero-order chi connectivity index (χ0) is 12.5. The van der Waals surface area contributed by atoms with E-state index in [1.807, 2.05) is 17.0 Å². The van der Waals surface area contributed by atoms with Crippen molar-refractivity contribution in [2.75, 3.05) is 25.4 Å². The van der Waals surface area contributed by atoms with Crippen LogP contribution in [0.3, 0.4) is 0 Å². The van der Waals surface area contributed by atoms with Crippen LogP contribution < -0.4 is 5.32 Å². The van der Waals surface area contributed by atoms with Gasteiger partial charge in [0.05, 0.1) is 5.92 Å². The molecule has 0 spiro atoms. The first-order chi connectivity index (χ1) is 8.75. The molecule has 104 valence electrons. The molecule has 1 amide bonds. The van der Waals surface area contributed by atoms with Crippen LogP contribution in [0, 0.1) is 0 Å². The van der Waals surface area contributed by atoms with Crippen LogP contribution in [0.4, 0.5) is 0 Å². The molecule has 1 N–H and O–H groups in total. The summed E-state index contributed by atoms with van der Waals surface area (Å²) in [7, 11) is 0. The second kappa shape index (κ2) is 6.16. The monoisotopic (exact) mass is 298 g/mol. The highest BCUT2D eigenvalue weighted by Crippen LogP contribution is 2.40. The van der Waals surface area contributed by atoms with Gasteiger partial charge in [0.1, 0.15) is 0 Å². The Labute approximate surface area is 124 Å². The second-order valence-corrected chi connectivity index (χ2v) is 6.10. The predicted octanol–water partition coefficient (Wildman–Crippen LogP) is 2.12. The standard InChI is InChI=1S/C14H18N2OS.ClH/c1-10-8-16(7-6-15-10)14(17)12-9-18-13-5-3-2-4-11(12)13;/h2-5,10,12,15H,6-9H2,1H3;1H/t10-,12?;/m1./s1. The highest BCUT2D eigenvalue weighted by atomic mass is 35.5. The maximum atomic E-state index is 12.6. The third kappa shape index (κ3) is 2.91. The molecule has 0 aromatic heterocycles. The normalized spacial score (nSPS) is 25.6. The van der Waals surface area contributed by atoms with Crippen LogP contribution in [-0.2, 0) is 4.79 Å². The summed E-state index contributed by atoms with van der Waals surface area (Å²) < 4.78 is 0. The lowest BCUT2D eigenvalue weighted by atomic mass is 9.99. The van der Waals surface area contributed by atoms with Crippen molar-refractivity contribution in [3.05, 3.63) is 29.8 Å². The number of carbonyl (C=O) groups excluding carboxylic acids is 1. The number of rotatable bonds is 1. The first-order valence-electron chi connectivity index (χ1n) is 6.49. The van der Waals surface area contributed by atoms with Crippen molar-refractivity contribution in [1.29, 1.82) is 0 Å². The number of nitrogens with one attached hydrogen (secondary N) is 1. The van der Waals surface area contributed by atoms with Crippen LogP contribution in [0.15, 0.2) is 29.2 Å². The molecule has 2 heterocycles. The SMILES string of the molecule is C[C@@H]1CN(C(=O)C2CSc3ccccc32)CCN1.Cl. The fourth-order valence-corrected chi connectivity index (χ4v) is 3.94. The van der Waals surface area contributed by atoms with Gasteiger partial charge in [-0.05, 0) is 18.6 Å². The molecule has 2 atom stereocenters. The van der Waals surface area contributed by atoms with Gasteiger partial charge in [-0.15, -0.1) is 24.2 Å². The topological polar surface area (TPSA) is 32.3 Å². The van der Waals surface area contributed by atoms with E-state index in [4.69, 9.17) is 0 Å². The summed E-state index contributed by atoms with van der Waals surface area (Å²) in [5.74, 6) is 1.27. The van der Waals surface area contributed by atoms with E-state index in [2.05, 4.69) is 24.4 Å². The summed E-state index contributed by atoms with van der Waals surface area (Å²) >= 11 is 1.81. The Morgan fingerprint density at radius 1 is 1.42 bits per heavy atom. The van der Waals surface area contributed by atoms with Gasteiger partial charge in [0, 0.05) is 36.3 Å². The van der Waals surface area contributed by atoms with Crippen LogP contribution in [0.25, 0.3) is 0 Å². The maximum Gasteiger partial charge on any atom is 0.231 e. The summed E-state index contributed by atoms with van der Waals surface area (Å²) in [4.78, 5) is 15.9. The smallest absolute Gasteiger partial charge is 0.231 e. The minimum atomic E-state index is 0. The average Bonchev–Trinajstić information content (AvgIpc) is 2.82. The number of piperazine rings is 1. The molecule has 2 aliphatic rings. The molecule has 1 aromatic rings. The largest absolute Gasteiger partial charge is 0.339 e. The Balaban J connectivity index is 0.00000133. The molecule has 1 unspecified atom stereocenters. The van der Waals surface area contributed by atoms with Crippen LogP contribution >= 0.6 is 24.2 Å². The molecule has 1 fully saturated rings. The Morgan fingerprint density at radius 3 is 3.00 bits per heavy atom. The van der Waals surface area contributed by atoms with E-state index in [0.29, 0.717) is 11.9 Å². The minimum absolute atomic E-state index is 0. The van der Waals surface area contributed by atoms with Gasteiger partial charge in [-0.3, -0.25) is 4.79 Å². The highest BCUT2D eigenvalue weighted by molar-refractivity contribution is 7.99. The van der Waals surface area contributed by atoms with Gasteiger partial charge < -0.3 is 10.2 Å². The summed E-state index contributed by atoms with van der Waals surface area (Å²) in [5, 5.41) is 3.38. The second-order valence-electron chi connectivity index (χ2n) is 5.04. The third-order valence-corrected chi connectivity index (χ3v) is 4.86. The lowest BCUT2D eigenvalue weighted by Gasteiger charge is -2.33. The number of benzene rings is 1. The summed E-state index contributed by atoms with van der Waals surface area (Å²) in [6, 6.07) is 8.71. The Bertz CT molecular complexity index is 469. The molecule has 0 aliphatic carbocycles. The van der Waals surface area contributed by atoms with Crippen LogP contribution in [0.5, 0.6) is 0 Å². The Morgan fingerprint density at radius 2 is 2.21 bits per heavy atom. The minimum Gasteiger partial charge on any atom is -0.339 e. The number of thioether (sulfide) groups is 1. The van der Waals surface area contributed by atoms with E-state index in [1.54, 1.807) is 11.8 Å². The summed E-state index contributed by atoms with van der Waals surface area (Å²) in [5.41, 5.74) is 1.22. The molecule has 1 aromatic carbocycles. The van der Waals surface area contributed by atoms with Crippen LogP contribution in [0.1, 0.15) is 18.4 Å². The molecule has 5 heteroatoms. The van der Waals surface area contributed by atoms with Gasteiger partial charge >= 0.3 is 0 Å². The first-order valence-corrected chi connectivity index (χ1v) is 7.48. The number of nitrogens with zero attached hydrogens (tertiary/aromatic N) is 1. The zero-order valence-electron chi connectivity index (χ0n) is 11.0. The first kappa shape index (κ1) is 14.7. The van der Waals surface area contributed by atoms with Crippen molar-refractivity contribution in [3.63, 3.8) is 0 Å². The van der Waals surface area contributed by atoms with E-state index in [-0.39, 0.29) is 18.3 Å². The molecular weight excluding hydrogens is 280 g/mol. The van der Waals surface area contributed by atoms with Gasteiger partial charge in [-0.25, -0.2) is 0 Å². The van der Waals surface area contributed by atoms with E-state index < -0.39 is 0 Å². The Kier molecular flexibility index (Phi) is 4.76. The number of hydrogen-bond donors (Lipinski definition) is 1. The van der Waals surface area contributed by atoms with Crippen molar-refractivity contribution in [2.24, 2.45) is 0 Å². The molecular formula is C14H19ClN2OS. The third-order valence-electron chi connectivity index (χ3n) is 3.68. The molecule has 0 radical (unpaired) electrons. The number of hydrogen-bond acceptors (Lipinski definition) is 3. The molecule has 1 saturated heterocycles. The van der Waals surface area contributed by atoms with Crippen molar-refractivity contribution in [2.45, 2.75) is 23.8 Å². The number of amides is 1. The molecule has 0 saturated carbocycles. The molecule has 19 heavy (non-hydrogen) atoms. The van der Waals surface area contributed by atoms with Gasteiger partial charge in [0.15, 0.2) is 0 Å². The van der Waals surface area contributed by atoms with E-state index in [9.17, 15) is 4.79 Å². The lowest BCUT2D eigenvalue weighted by Crippen LogP contribution is -2.52. The van der Waals surface area contributed by atoms with Gasteiger partial charge in [0.2, 0.25) is 5.91 Å². The lowest BCUT2D eigenvalue weighted by molar-refractivity contribution is -0.133. The molecule has 2 aliphatic heterocycles. The fraction of sp³-hybridized carbons (Fsp3) is 0.500. The number of fused-ring (bicyclic) bond motifs is 1. The average molecular weight is 299 g/mol. The van der Waals surface area contributed by atoms with E-state index in [1.165, 1.54) is 10.5 Å². The maximum absolute atomic E-state index is 12.6. The van der Waals surface area contributed by atoms with Crippen LogP contribution in [0.2, 0.25) is 0 Å². The van der Waals surface area contributed by atoms with Gasteiger partial charge in [0.25, 0.3) is 0 Å². The summed E-state index contributed by atoms with van der Waals surface area (Å²) in [6.45, 7) is 4.72. The zero-order valence-corrected chi connectivity index (χ0v) is 12.6. The van der Waals surface area contributed by atoms with E-state index in [0.717, 1.165) is 25.4 Å². The van der Waals surface area contributed by atoms with Crippen molar-refractivity contribution >= 4 is 30.1 Å². The van der Waals surface area contributed by atoms with Crippen molar-refractivity contribution in [1.82, 2.24) is 10.2 Å².